The zero-order chi connectivity index (χ0) is 16.1. The van der Waals surface area contributed by atoms with Gasteiger partial charge in [0.2, 0.25) is 5.91 Å². The van der Waals surface area contributed by atoms with Gasteiger partial charge in [-0.2, -0.15) is 0 Å². The molecule has 0 aliphatic carbocycles. The van der Waals surface area contributed by atoms with Crippen molar-refractivity contribution in [3.05, 3.63) is 35.4 Å². The molecule has 2 rings (SSSR count). The summed E-state index contributed by atoms with van der Waals surface area (Å²) in [5.41, 5.74) is 7.60. The monoisotopic (exact) mass is 304 g/mol. The van der Waals surface area contributed by atoms with Gasteiger partial charge in [0.05, 0.1) is 18.6 Å². The van der Waals surface area contributed by atoms with Crippen molar-refractivity contribution in [2.24, 2.45) is 5.73 Å². The minimum atomic E-state index is -0.495. The van der Waals surface area contributed by atoms with Gasteiger partial charge in [0.1, 0.15) is 0 Å². The van der Waals surface area contributed by atoms with Gasteiger partial charge in [-0.05, 0) is 44.2 Å². The number of nitrogens with two attached hydrogens (primary N) is 1. The Morgan fingerprint density at radius 1 is 1.36 bits per heavy atom. The molecule has 2 amide bonds. The summed E-state index contributed by atoms with van der Waals surface area (Å²) in [5.74, 6) is -0.888. The highest BCUT2D eigenvalue weighted by Crippen LogP contribution is 2.32. The molecule has 5 nitrogen and oxygen atoms in total. The highest BCUT2D eigenvalue weighted by Gasteiger charge is 2.38. The van der Waals surface area contributed by atoms with Gasteiger partial charge in [-0.1, -0.05) is 24.3 Å². The molecular formula is C17H24N2O3. The molecule has 5 heteroatoms. The van der Waals surface area contributed by atoms with Crippen molar-refractivity contribution in [1.29, 1.82) is 0 Å². The maximum absolute atomic E-state index is 12.2. The molecule has 2 N–H and O–H groups in total. The first-order valence-electron chi connectivity index (χ1n) is 7.84. The SMILES string of the molecule is CCOC(=O)N1CCCCC1C(C(N)=O)c1ccccc1C. The third-order valence-electron chi connectivity index (χ3n) is 4.27. The topological polar surface area (TPSA) is 72.6 Å². The molecule has 1 aromatic carbocycles. The van der Waals surface area contributed by atoms with Gasteiger partial charge in [-0.25, -0.2) is 4.79 Å². The molecule has 1 aliphatic heterocycles. The van der Waals surface area contributed by atoms with Crippen LogP contribution in [0.2, 0.25) is 0 Å². The number of aryl methyl sites for hydroxylation is 1. The fourth-order valence-corrected chi connectivity index (χ4v) is 3.22. The predicted molar refractivity (Wildman–Crippen MR) is 84.5 cm³/mol. The van der Waals surface area contributed by atoms with Crippen molar-refractivity contribution >= 4 is 12.0 Å². The first kappa shape index (κ1) is 16.3. The quantitative estimate of drug-likeness (QED) is 0.929. The molecule has 0 bridgehead atoms. The third kappa shape index (κ3) is 3.40. The van der Waals surface area contributed by atoms with Crippen LogP contribution in [-0.2, 0) is 9.53 Å². The molecule has 0 saturated carbocycles. The molecule has 2 unspecified atom stereocenters. The molecular weight excluding hydrogens is 280 g/mol. The van der Waals surface area contributed by atoms with Crippen LogP contribution in [0.3, 0.4) is 0 Å². The second kappa shape index (κ2) is 7.29. The van der Waals surface area contributed by atoms with Crippen LogP contribution in [-0.4, -0.2) is 36.1 Å². The molecule has 120 valence electrons. The lowest BCUT2D eigenvalue weighted by molar-refractivity contribution is -0.121. The fourth-order valence-electron chi connectivity index (χ4n) is 3.22. The standard InChI is InChI=1S/C17H24N2O3/c1-3-22-17(21)19-11-7-6-10-14(19)15(16(18)20)13-9-5-4-8-12(13)2/h4-5,8-9,14-15H,3,6-7,10-11H2,1-2H3,(H2,18,20). The Bertz CT molecular complexity index is 544. The van der Waals surface area contributed by atoms with Crippen LogP contribution < -0.4 is 5.73 Å². The third-order valence-corrected chi connectivity index (χ3v) is 4.27. The van der Waals surface area contributed by atoms with Crippen molar-refractivity contribution in [3.63, 3.8) is 0 Å². The zero-order valence-corrected chi connectivity index (χ0v) is 13.2. The summed E-state index contributed by atoms with van der Waals surface area (Å²) >= 11 is 0. The highest BCUT2D eigenvalue weighted by atomic mass is 16.6. The minimum Gasteiger partial charge on any atom is -0.450 e. The van der Waals surface area contributed by atoms with Crippen molar-refractivity contribution in [2.75, 3.05) is 13.2 Å². The van der Waals surface area contributed by atoms with E-state index in [4.69, 9.17) is 10.5 Å². The number of amides is 2. The molecule has 0 aromatic heterocycles. The number of likely N-dealkylation sites (tertiary alicyclic amines) is 1. The molecule has 22 heavy (non-hydrogen) atoms. The Kier molecular flexibility index (Phi) is 5.41. The Hall–Kier alpha value is -2.04. The van der Waals surface area contributed by atoms with E-state index in [1.807, 2.05) is 31.2 Å². The number of carbonyl (C=O) groups excluding carboxylic acids is 2. The van der Waals surface area contributed by atoms with Crippen LogP contribution in [0, 0.1) is 6.92 Å². The Morgan fingerprint density at radius 3 is 2.73 bits per heavy atom. The minimum absolute atomic E-state index is 0.230. The van der Waals surface area contributed by atoms with Crippen LogP contribution >= 0.6 is 0 Å². The highest BCUT2D eigenvalue weighted by molar-refractivity contribution is 5.84. The van der Waals surface area contributed by atoms with Gasteiger partial charge in [0.15, 0.2) is 0 Å². The second-order valence-electron chi connectivity index (χ2n) is 5.69. The maximum atomic E-state index is 12.2. The van der Waals surface area contributed by atoms with Gasteiger partial charge in [-0.15, -0.1) is 0 Å². The van der Waals surface area contributed by atoms with Crippen molar-refractivity contribution < 1.29 is 14.3 Å². The molecule has 2 atom stereocenters. The van der Waals surface area contributed by atoms with Gasteiger partial charge in [0.25, 0.3) is 0 Å². The summed E-state index contributed by atoms with van der Waals surface area (Å²) in [6.07, 6.45) is 2.32. The number of ether oxygens (including phenoxy) is 1. The van der Waals surface area contributed by atoms with Crippen molar-refractivity contribution in [3.8, 4) is 0 Å². The van der Waals surface area contributed by atoms with Crippen LogP contribution in [0.4, 0.5) is 4.79 Å². The van der Waals surface area contributed by atoms with E-state index in [0.717, 1.165) is 30.4 Å². The second-order valence-corrected chi connectivity index (χ2v) is 5.69. The summed E-state index contributed by atoms with van der Waals surface area (Å²) in [6.45, 7) is 4.68. The predicted octanol–water partition coefficient (Wildman–Crippen LogP) is 2.57. The summed E-state index contributed by atoms with van der Waals surface area (Å²) in [6, 6.07) is 7.48. The number of piperidine rings is 1. The first-order valence-corrected chi connectivity index (χ1v) is 7.84. The Labute approximate surface area is 131 Å². The lowest BCUT2D eigenvalue weighted by atomic mass is 9.83. The average Bonchev–Trinajstić information content (AvgIpc) is 2.50. The number of benzene rings is 1. The first-order chi connectivity index (χ1) is 10.6. The lowest BCUT2D eigenvalue weighted by Crippen LogP contribution is -2.50. The Morgan fingerprint density at radius 2 is 2.09 bits per heavy atom. The summed E-state index contributed by atoms with van der Waals surface area (Å²) in [7, 11) is 0. The van der Waals surface area contributed by atoms with Crippen molar-refractivity contribution in [2.45, 2.75) is 45.1 Å². The van der Waals surface area contributed by atoms with Crippen LogP contribution in [0.15, 0.2) is 24.3 Å². The molecule has 1 heterocycles. The van der Waals surface area contributed by atoms with Crippen LogP contribution in [0.25, 0.3) is 0 Å². The van der Waals surface area contributed by atoms with Crippen LogP contribution in [0.1, 0.15) is 43.2 Å². The van der Waals surface area contributed by atoms with Crippen LogP contribution in [0.5, 0.6) is 0 Å². The number of hydrogen-bond acceptors (Lipinski definition) is 3. The lowest BCUT2D eigenvalue weighted by Gasteiger charge is -2.39. The van der Waals surface area contributed by atoms with Gasteiger partial charge in [0, 0.05) is 6.54 Å². The molecule has 1 fully saturated rings. The number of primary amides is 1. The van der Waals surface area contributed by atoms with Gasteiger partial charge in [-0.3, -0.25) is 4.79 Å². The van der Waals surface area contributed by atoms with Gasteiger partial charge >= 0.3 is 6.09 Å². The molecule has 1 aromatic rings. The zero-order valence-electron chi connectivity index (χ0n) is 13.2. The fraction of sp³-hybridized carbons (Fsp3) is 0.529. The maximum Gasteiger partial charge on any atom is 0.410 e. The van der Waals surface area contributed by atoms with Gasteiger partial charge < -0.3 is 15.4 Å². The molecule has 1 saturated heterocycles. The van der Waals surface area contributed by atoms with E-state index >= 15 is 0 Å². The number of nitrogens with zero attached hydrogens (tertiary/aromatic N) is 1. The number of carbonyl (C=O) groups is 2. The van der Waals surface area contributed by atoms with E-state index in [1.165, 1.54) is 0 Å². The Balaban J connectivity index is 2.35. The normalized spacial score (nSPS) is 19.5. The van der Waals surface area contributed by atoms with E-state index in [0.29, 0.717) is 13.2 Å². The van der Waals surface area contributed by atoms with E-state index < -0.39 is 11.8 Å². The molecule has 0 radical (unpaired) electrons. The summed E-state index contributed by atoms with van der Waals surface area (Å²) in [5, 5.41) is 0. The average molecular weight is 304 g/mol. The van der Waals surface area contributed by atoms with E-state index in [-0.39, 0.29) is 12.1 Å². The number of rotatable bonds is 4. The summed E-state index contributed by atoms with van der Waals surface area (Å²) < 4.78 is 5.14. The van der Waals surface area contributed by atoms with Crippen molar-refractivity contribution in [1.82, 2.24) is 4.90 Å². The largest absolute Gasteiger partial charge is 0.450 e. The smallest absolute Gasteiger partial charge is 0.410 e. The summed E-state index contributed by atoms with van der Waals surface area (Å²) in [4.78, 5) is 26.0. The van der Waals surface area contributed by atoms with E-state index in [1.54, 1.807) is 11.8 Å². The molecule has 0 spiro atoms. The van der Waals surface area contributed by atoms with E-state index in [9.17, 15) is 9.59 Å². The van der Waals surface area contributed by atoms with E-state index in [2.05, 4.69) is 0 Å². The molecule has 1 aliphatic rings. The number of hydrogen-bond donors (Lipinski definition) is 1.